The second-order valence-electron chi connectivity index (χ2n) is 7.14. The number of nitrogens with zero attached hydrogens (tertiary/aromatic N) is 5. The summed E-state index contributed by atoms with van der Waals surface area (Å²) >= 11 is 0. The molecule has 1 aromatic carbocycles. The number of piperidine rings is 1. The number of anilines is 1. The monoisotopic (exact) mass is 363 g/mol. The van der Waals surface area contributed by atoms with Crippen LogP contribution in [0.3, 0.4) is 0 Å². The lowest BCUT2D eigenvalue weighted by molar-refractivity contribution is 0.397. The van der Waals surface area contributed by atoms with Crippen molar-refractivity contribution in [1.29, 1.82) is 0 Å². The molecule has 6 heteroatoms. The van der Waals surface area contributed by atoms with Gasteiger partial charge < -0.3 is 9.64 Å². The summed E-state index contributed by atoms with van der Waals surface area (Å²) in [5.74, 6) is 3.34. The van der Waals surface area contributed by atoms with Crippen molar-refractivity contribution in [2.75, 3.05) is 25.1 Å². The van der Waals surface area contributed by atoms with Gasteiger partial charge in [-0.05, 0) is 68.0 Å². The van der Waals surface area contributed by atoms with E-state index in [-0.39, 0.29) is 0 Å². The molecule has 27 heavy (non-hydrogen) atoms. The number of ether oxygens (including phenoxy) is 1. The van der Waals surface area contributed by atoms with Crippen LogP contribution in [-0.4, -0.2) is 40.2 Å². The highest BCUT2D eigenvalue weighted by molar-refractivity contribution is 5.40. The molecule has 140 valence electrons. The third-order valence-corrected chi connectivity index (χ3v) is 5.19. The maximum absolute atomic E-state index is 5.33. The average Bonchev–Trinajstić information content (AvgIpc) is 3.15. The van der Waals surface area contributed by atoms with E-state index >= 15 is 0 Å². The molecule has 0 N–H and O–H groups in total. The van der Waals surface area contributed by atoms with Crippen molar-refractivity contribution >= 4 is 5.82 Å². The van der Waals surface area contributed by atoms with E-state index < -0.39 is 0 Å². The Bertz CT molecular complexity index is 882. The SMILES string of the molecule is COc1cccc(CC2CCN(c3ccc(-n4ccc(C)n4)nn3)CC2)c1. The lowest BCUT2D eigenvalue weighted by atomic mass is 9.90. The number of methoxy groups -OCH3 is 1. The Hall–Kier alpha value is -2.89. The van der Waals surface area contributed by atoms with Crippen LogP contribution in [0.2, 0.25) is 0 Å². The molecule has 1 fully saturated rings. The lowest BCUT2D eigenvalue weighted by Crippen LogP contribution is -2.35. The minimum atomic E-state index is 0.702. The van der Waals surface area contributed by atoms with E-state index in [4.69, 9.17) is 4.74 Å². The summed E-state index contributed by atoms with van der Waals surface area (Å²) in [7, 11) is 1.72. The number of hydrogen-bond donors (Lipinski definition) is 0. The maximum Gasteiger partial charge on any atom is 0.175 e. The van der Waals surface area contributed by atoms with Gasteiger partial charge in [0.2, 0.25) is 0 Å². The zero-order valence-corrected chi connectivity index (χ0v) is 15.9. The van der Waals surface area contributed by atoms with Gasteiger partial charge in [-0.25, -0.2) is 4.68 Å². The first-order valence-electron chi connectivity index (χ1n) is 9.45. The first kappa shape index (κ1) is 17.5. The molecule has 1 aliphatic heterocycles. The van der Waals surface area contributed by atoms with Crippen molar-refractivity contribution in [2.45, 2.75) is 26.2 Å². The quantitative estimate of drug-likeness (QED) is 0.695. The van der Waals surface area contributed by atoms with E-state index in [2.05, 4.69) is 38.4 Å². The topological polar surface area (TPSA) is 56.1 Å². The molecule has 0 bridgehead atoms. The first-order chi connectivity index (χ1) is 13.2. The van der Waals surface area contributed by atoms with Gasteiger partial charge in [0.15, 0.2) is 11.6 Å². The van der Waals surface area contributed by atoms with Crippen LogP contribution in [0.1, 0.15) is 24.1 Å². The van der Waals surface area contributed by atoms with Gasteiger partial charge in [0, 0.05) is 19.3 Å². The molecule has 0 aliphatic carbocycles. The normalized spacial score (nSPS) is 15.1. The molecule has 0 spiro atoms. The molecule has 3 heterocycles. The van der Waals surface area contributed by atoms with Crippen LogP contribution in [0.4, 0.5) is 5.82 Å². The van der Waals surface area contributed by atoms with Crippen molar-refractivity contribution in [3.8, 4) is 11.6 Å². The molecular weight excluding hydrogens is 338 g/mol. The van der Waals surface area contributed by atoms with Gasteiger partial charge in [-0.1, -0.05) is 12.1 Å². The summed E-state index contributed by atoms with van der Waals surface area (Å²) in [5, 5.41) is 13.1. The molecule has 6 nitrogen and oxygen atoms in total. The first-order valence-corrected chi connectivity index (χ1v) is 9.45. The molecule has 0 unspecified atom stereocenters. The van der Waals surface area contributed by atoms with Crippen molar-refractivity contribution < 1.29 is 4.74 Å². The molecule has 3 aromatic rings. The summed E-state index contributed by atoms with van der Waals surface area (Å²) < 4.78 is 7.09. The van der Waals surface area contributed by atoms with Crippen LogP contribution in [-0.2, 0) is 6.42 Å². The fraction of sp³-hybridized carbons (Fsp3) is 0.381. The molecule has 4 rings (SSSR count). The van der Waals surface area contributed by atoms with E-state index in [0.717, 1.165) is 42.6 Å². The van der Waals surface area contributed by atoms with Crippen molar-refractivity contribution in [3.63, 3.8) is 0 Å². The summed E-state index contributed by atoms with van der Waals surface area (Å²) in [6, 6.07) is 14.4. The van der Waals surface area contributed by atoms with Crippen LogP contribution in [0.25, 0.3) is 5.82 Å². The average molecular weight is 363 g/mol. The third-order valence-electron chi connectivity index (χ3n) is 5.19. The number of benzene rings is 1. The van der Waals surface area contributed by atoms with E-state index in [9.17, 15) is 0 Å². The Morgan fingerprint density at radius 1 is 1.04 bits per heavy atom. The van der Waals surface area contributed by atoms with Crippen LogP contribution in [0.5, 0.6) is 5.75 Å². The minimum absolute atomic E-state index is 0.702. The van der Waals surface area contributed by atoms with Crippen LogP contribution in [0, 0.1) is 12.8 Å². The van der Waals surface area contributed by atoms with Crippen molar-refractivity contribution in [1.82, 2.24) is 20.0 Å². The van der Waals surface area contributed by atoms with Crippen molar-refractivity contribution in [2.24, 2.45) is 5.92 Å². The zero-order valence-electron chi connectivity index (χ0n) is 15.9. The van der Waals surface area contributed by atoms with Crippen LogP contribution in [0.15, 0.2) is 48.7 Å². The molecule has 1 aliphatic rings. The van der Waals surface area contributed by atoms with E-state index in [1.54, 1.807) is 11.8 Å². The smallest absolute Gasteiger partial charge is 0.175 e. The number of aromatic nitrogens is 4. The van der Waals surface area contributed by atoms with Gasteiger partial charge >= 0.3 is 0 Å². The Morgan fingerprint density at radius 3 is 2.48 bits per heavy atom. The number of aryl methyl sites for hydroxylation is 1. The minimum Gasteiger partial charge on any atom is -0.497 e. The van der Waals surface area contributed by atoms with Gasteiger partial charge in [-0.2, -0.15) is 5.10 Å². The highest BCUT2D eigenvalue weighted by atomic mass is 16.5. The Morgan fingerprint density at radius 2 is 1.81 bits per heavy atom. The molecule has 0 saturated carbocycles. The van der Waals surface area contributed by atoms with E-state index in [1.807, 2.05) is 37.4 Å². The standard InChI is InChI=1S/C21H25N5O/c1-16-8-13-26(24-16)21-7-6-20(22-23-21)25-11-9-17(10-12-25)14-18-4-3-5-19(15-18)27-2/h3-8,13,15,17H,9-12,14H2,1-2H3. The largest absolute Gasteiger partial charge is 0.497 e. The summed E-state index contributed by atoms with van der Waals surface area (Å²) in [5.41, 5.74) is 2.32. The van der Waals surface area contributed by atoms with Gasteiger partial charge in [0.1, 0.15) is 5.75 Å². The summed E-state index contributed by atoms with van der Waals surface area (Å²) in [6.07, 6.45) is 5.34. The zero-order chi connectivity index (χ0) is 18.6. The Balaban J connectivity index is 1.34. The molecular formula is C21H25N5O. The molecule has 0 atom stereocenters. The van der Waals surface area contributed by atoms with Crippen LogP contribution < -0.4 is 9.64 Å². The van der Waals surface area contributed by atoms with Gasteiger partial charge in [0.25, 0.3) is 0 Å². The summed E-state index contributed by atoms with van der Waals surface area (Å²) in [6.45, 7) is 4.00. The molecule has 0 amide bonds. The fourth-order valence-corrected chi connectivity index (χ4v) is 3.65. The Labute approximate surface area is 159 Å². The number of rotatable bonds is 5. The molecule has 0 radical (unpaired) electrons. The predicted molar refractivity (Wildman–Crippen MR) is 106 cm³/mol. The van der Waals surface area contributed by atoms with Gasteiger partial charge in [0.05, 0.1) is 12.8 Å². The van der Waals surface area contributed by atoms with Crippen LogP contribution >= 0.6 is 0 Å². The highest BCUT2D eigenvalue weighted by Gasteiger charge is 2.21. The predicted octanol–water partition coefficient (Wildman–Crippen LogP) is 3.44. The summed E-state index contributed by atoms with van der Waals surface area (Å²) in [4.78, 5) is 2.33. The van der Waals surface area contributed by atoms with Crippen molar-refractivity contribution in [3.05, 3.63) is 59.9 Å². The maximum atomic E-state index is 5.33. The molecule has 2 aromatic heterocycles. The molecule has 1 saturated heterocycles. The number of hydrogen-bond acceptors (Lipinski definition) is 5. The van der Waals surface area contributed by atoms with Gasteiger partial charge in [-0.3, -0.25) is 0 Å². The Kier molecular flexibility index (Phi) is 5.05. The van der Waals surface area contributed by atoms with E-state index in [1.165, 1.54) is 18.4 Å². The third kappa shape index (κ3) is 4.10. The highest BCUT2D eigenvalue weighted by Crippen LogP contribution is 2.26. The lowest BCUT2D eigenvalue weighted by Gasteiger charge is -2.32. The van der Waals surface area contributed by atoms with Gasteiger partial charge in [-0.15, -0.1) is 10.2 Å². The second-order valence-corrected chi connectivity index (χ2v) is 7.14. The fourth-order valence-electron chi connectivity index (χ4n) is 3.65. The second kappa shape index (κ2) is 7.78. The van der Waals surface area contributed by atoms with E-state index in [0.29, 0.717) is 5.92 Å².